The molecule has 0 fully saturated rings. The van der Waals surface area contributed by atoms with Gasteiger partial charge in [0.25, 0.3) is 5.56 Å². The molecule has 0 spiro atoms. The van der Waals surface area contributed by atoms with E-state index in [2.05, 4.69) is 5.32 Å². The lowest BCUT2D eigenvalue weighted by Gasteiger charge is -2.14. The van der Waals surface area contributed by atoms with Gasteiger partial charge in [-0.1, -0.05) is 25.5 Å². The SMILES string of the molecule is CCCCNC(=O)Cn1c(=O)n(-c2ccccc2OC)c(=O)c2sccc21. The summed E-state index contributed by atoms with van der Waals surface area (Å²) in [6, 6.07) is 8.50. The number of hydrogen-bond donors (Lipinski definition) is 1. The van der Waals surface area contributed by atoms with Crippen LogP contribution in [-0.2, 0) is 11.3 Å². The van der Waals surface area contributed by atoms with Gasteiger partial charge >= 0.3 is 5.69 Å². The van der Waals surface area contributed by atoms with E-state index in [1.54, 1.807) is 35.7 Å². The smallest absolute Gasteiger partial charge is 0.336 e. The first-order chi connectivity index (χ1) is 13.1. The van der Waals surface area contributed by atoms with Crippen LogP contribution in [0.15, 0.2) is 45.3 Å². The molecule has 7 nitrogen and oxygen atoms in total. The highest BCUT2D eigenvalue weighted by molar-refractivity contribution is 7.17. The minimum atomic E-state index is -0.568. The maximum Gasteiger partial charge on any atom is 0.336 e. The van der Waals surface area contributed by atoms with E-state index in [9.17, 15) is 14.4 Å². The monoisotopic (exact) mass is 387 g/mol. The molecule has 0 atom stereocenters. The summed E-state index contributed by atoms with van der Waals surface area (Å²) >= 11 is 1.24. The van der Waals surface area contributed by atoms with Crippen molar-refractivity contribution in [1.29, 1.82) is 0 Å². The number of para-hydroxylation sites is 2. The third-order valence-electron chi connectivity index (χ3n) is 4.24. The van der Waals surface area contributed by atoms with Gasteiger partial charge in [-0.25, -0.2) is 9.36 Å². The number of nitrogens with zero attached hydrogens (tertiary/aromatic N) is 2. The van der Waals surface area contributed by atoms with Gasteiger partial charge in [0, 0.05) is 6.54 Å². The van der Waals surface area contributed by atoms with Crippen molar-refractivity contribution in [3.8, 4) is 11.4 Å². The van der Waals surface area contributed by atoms with E-state index in [1.807, 2.05) is 6.92 Å². The van der Waals surface area contributed by atoms with Crippen LogP contribution in [0.3, 0.4) is 0 Å². The molecule has 27 heavy (non-hydrogen) atoms. The number of rotatable bonds is 7. The van der Waals surface area contributed by atoms with E-state index in [0.717, 1.165) is 17.4 Å². The highest BCUT2D eigenvalue weighted by Gasteiger charge is 2.19. The summed E-state index contributed by atoms with van der Waals surface area (Å²) in [5.41, 5.74) is -0.171. The quantitative estimate of drug-likeness (QED) is 0.630. The Labute approximate surface area is 159 Å². The van der Waals surface area contributed by atoms with Crippen molar-refractivity contribution in [1.82, 2.24) is 14.5 Å². The summed E-state index contributed by atoms with van der Waals surface area (Å²) < 4.78 is 8.13. The predicted octanol–water partition coefficient (Wildman–Crippen LogP) is 2.14. The zero-order chi connectivity index (χ0) is 19.4. The molecule has 2 aromatic heterocycles. The number of unbranched alkanes of at least 4 members (excludes halogenated alkanes) is 1. The average Bonchev–Trinajstić information content (AvgIpc) is 3.16. The maximum absolute atomic E-state index is 13.1. The molecule has 8 heteroatoms. The average molecular weight is 387 g/mol. The van der Waals surface area contributed by atoms with Gasteiger partial charge in [0.2, 0.25) is 5.91 Å². The number of thiophene rings is 1. The Kier molecular flexibility index (Phi) is 5.75. The van der Waals surface area contributed by atoms with Crippen LogP contribution in [-0.4, -0.2) is 28.7 Å². The van der Waals surface area contributed by atoms with Gasteiger partial charge in [0.1, 0.15) is 17.0 Å². The predicted molar refractivity (Wildman–Crippen MR) is 106 cm³/mol. The van der Waals surface area contributed by atoms with Crippen LogP contribution < -0.4 is 21.3 Å². The van der Waals surface area contributed by atoms with Crippen molar-refractivity contribution < 1.29 is 9.53 Å². The minimum Gasteiger partial charge on any atom is -0.495 e. The van der Waals surface area contributed by atoms with Crippen molar-refractivity contribution in [3.05, 3.63) is 56.5 Å². The number of nitrogens with one attached hydrogen (secondary N) is 1. The molecule has 0 aliphatic carbocycles. The molecule has 1 aromatic carbocycles. The van der Waals surface area contributed by atoms with Crippen molar-refractivity contribution in [2.45, 2.75) is 26.3 Å². The zero-order valence-electron chi connectivity index (χ0n) is 15.2. The normalized spacial score (nSPS) is 10.9. The molecule has 0 saturated heterocycles. The number of carbonyl (C=O) groups is 1. The maximum atomic E-state index is 13.1. The molecule has 0 saturated carbocycles. The Morgan fingerprint density at radius 3 is 2.74 bits per heavy atom. The number of methoxy groups -OCH3 is 1. The van der Waals surface area contributed by atoms with Gasteiger partial charge in [-0.15, -0.1) is 11.3 Å². The molecule has 0 radical (unpaired) electrons. The van der Waals surface area contributed by atoms with Crippen molar-refractivity contribution >= 4 is 27.5 Å². The van der Waals surface area contributed by atoms with Crippen LogP contribution in [0.4, 0.5) is 0 Å². The first-order valence-electron chi connectivity index (χ1n) is 8.71. The molecular weight excluding hydrogens is 366 g/mol. The molecular formula is C19H21N3O4S. The molecule has 1 N–H and O–H groups in total. The number of amides is 1. The summed E-state index contributed by atoms with van der Waals surface area (Å²) in [6.45, 7) is 2.45. The molecule has 3 rings (SSSR count). The molecule has 0 aliphatic heterocycles. The highest BCUT2D eigenvalue weighted by Crippen LogP contribution is 2.21. The van der Waals surface area contributed by atoms with Crippen LogP contribution in [0.2, 0.25) is 0 Å². The van der Waals surface area contributed by atoms with Crippen LogP contribution in [0, 0.1) is 0 Å². The van der Waals surface area contributed by atoms with E-state index in [4.69, 9.17) is 4.74 Å². The van der Waals surface area contributed by atoms with Crippen LogP contribution in [0.25, 0.3) is 15.9 Å². The number of ether oxygens (including phenoxy) is 1. The van der Waals surface area contributed by atoms with Crippen molar-refractivity contribution in [3.63, 3.8) is 0 Å². The molecule has 2 heterocycles. The largest absolute Gasteiger partial charge is 0.495 e. The van der Waals surface area contributed by atoms with Crippen molar-refractivity contribution in [2.75, 3.05) is 13.7 Å². The molecule has 3 aromatic rings. The molecule has 0 bridgehead atoms. The molecule has 142 valence electrons. The van der Waals surface area contributed by atoms with Gasteiger partial charge < -0.3 is 10.1 Å². The second-order valence-electron chi connectivity index (χ2n) is 6.02. The van der Waals surface area contributed by atoms with E-state index in [1.165, 1.54) is 23.0 Å². The molecule has 0 aliphatic rings. The van der Waals surface area contributed by atoms with E-state index in [-0.39, 0.29) is 12.5 Å². The summed E-state index contributed by atoms with van der Waals surface area (Å²) in [5.74, 6) is 0.148. The summed E-state index contributed by atoms with van der Waals surface area (Å²) in [4.78, 5) is 38.3. The van der Waals surface area contributed by atoms with E-state index in [0.29, 0.717) is 28.2 Å². The van der Waals surface area contributed by atoms with Gasteiger partial charge in [-0.3, -0.25) is 14.2 Å². The zero-order valence-corrected chi connectivity index (χ0v) is 16.0. The van der Waals surface area contributed by atoms with Gasteiger partial charge in [-0.05, 0) is 30.0 Å². The topological polar surface area (TPSA) is 82.3 Å². The molecule has 0 unspecified atom stereocenters. The van der Waals surface area contributed by atoms with Crippen molar-refractivity contribution in [2.24, 2.45) is 0 Å². The van der Waals surface area contributed by atoms with Crippen LogP contribution >= 0.6 is 11.3 Å². The fourth-order valence-corrected chi connectivity index (χ4v) is 3.70. The lowest BCUT2D eigenvalue weighted by atomic mass is 10.3. The van der Waals surface area contributed by atoms with Crippen LogP contribution in [0.1, 0.15) is 19.8 Å². The first kappa shape index (κ1) is 18.9. The number of hydrogen-bond acceptors (Lipinski definition) is 5. The Hall–Kier alpha value is -2.87. The summed E-state index contributed by atoms with van der Waals surface area (Å²) in [6.07, 6.45) is 1.84. The Morgan fingerprint density at radius 1 is 1.22 bits per heavy atom. The lowest BCUT2D eigenvalue weighted by molar-refractivity contribution is -0.121. The minimum absolute atomic E-state index is 0.148. The Bertz CT molecular complexity index is 1080. The lowest BCUT2D eigenvalue weighted by Crippen LogP contribution is -2.41. The third-order valence-corrected chi connectivity index (χ3v) is 5.13. The van der Waals surface area contributed by atoms with Gasteiger partial charge in [0.05, 0.1) is 18.3 Å². The van der Waals surface area contributed by atoms with E-state index >= 15 is 0 Å². The van der Waals surface area contributed by atoms with Gasteiger partial charge in [-0.2, -0.15) is 0 Å². The van der Waals surface area contributed by atoms with Crippen LogP contribution in [0.5, 0.6) is 5.75 Å². The second-order valence-corrected chi connectivity index (χ2v) is 6.94. The number of aromatic nitrogens is 2. The highest BCUT2D eigenvalue weighted by atomic mass is 32.1. The summed E-state index contributed by atoms with van der Waals surface area (Å²) in [5, 5.41) is 4.54. The fourth-order valence-electron chi connectivity index (χ4n) is 2.87. The fraction of sp³-hybridized carbons (Fsp3) is 0.316. The number of benzene rings is 1. The third kappa shape index (κ3) is 3.66. The van der Waals surface area contributed by atoms with Gasteiger partial charge in [0.15, 0.2) is 0 Å². The molecule has 1 amide bonds. The Morgan fingerprint density at radius 2 is 2.00 bits per heavy atom. The van der Waals surface area contributed by atoms with E-state index < -0.39 is 11.2 Å². The summed E-state index contributed by atoms with van der Waals surface area (Å²) in [7, 11) is 1.48. The Balaban J connectivity index is 2.15. The first-order valence-corrected chi connectivity index (χ1v) is 9.59. The number of fused-ring (bicyclic) bond motifs is 1. The standard InChI is InChI=1S/C19H21N3O4S/c1-3-4-10-20-16(23)12-21-14-9-11-27-17(14)18(24)22(19(21)25)13-7-5-6-8-15(13)26-2/h5-9,11H,3-4,10,12H2,1-2H3,(H,20,23). The number of carbonyl (C=O) groups excluding carboxylic acids is 1. The second kappa shape index (κ2) is 8.22.